The van der Waals surface area contributed by atoms with Crippen molar-refractivity contribution in [1.82, 2.24) is 4.57 Å². The zero-order valence-electron chi connectivity index (χ0n) is 10.4. The van der Waals surface area contributed by atoms with Gasteiger partial charge in [0.05, 0.1) is 13.0 Å². The second kappa shape index (κ2) is 6.89. The highest BCUT2D eigenvalue weighted by Crippen LogP contribution is 1.95. The van der Waals surface area contributed by atoms with E-state index in [1.165, 1.54) is 4.57 Å². The number of carbonyl (C=O) groups is 1. The maximum absolute atomic E-state index is 11.7. The van der Waals surface area contributed by atoms with Crippen LogP contribution in [0.1, 0.15) is 31.7 Å². The zero-order chi connectivity index (χ0) is 12.7. The molecule has 17 heavy (non-hydrogen) atoms. The van der Waals surface area contributed by atoms with Crippen molar-refractivity contribution in [2.75, 3.05) is 6.61 Å². The van der Waals surface area contributed by atoms with Crippen LogP contribution in [0.15, 0.2) is 23.1 Å². The second-order valence-electron chi connectivity index (χ2n) is 4.01. The molecule has 1 rings (SSSR count). The second-order valence-corrected chi connectivity index (χ2v) is 4.01. The van der Waals surface area contributed by atoms with Crippen LogP contribution in [0.3, 0.4) is 0 Å². The Kier molecular flexibility index (Phi) is 5.46. The predicted octanol–water partition coefficient (Wildman–Crippen LogP) is 1.89. The molecule has 0 N–H and O–H groups in total. The van der Waals surface area contributed by atoms with Gasteiger partial charge in [-0.1, -0.05) is 19.4 Å². The molecule has 0 bridgehead atoms. The van der Waals surface area contributed by atoms with Crippen molar-refractivity contribution < 1.29 is 9.53 Å². The summed E-state index contributed by atoms with van der Waals surface area (Å²) in [6.45, 7) is 4.65. The van der Waals surface area contributed by atoms with Crippen molar-refractivity contribution in [3.8, 4) is 0 Å². The van der Waals surface area contributed by atoms with E-state index in [0.29, 0.717) is 18.7 Å². The zero-order valence-corrected chi connectivity index (χ0v) is 10.4. The average Bonchev–Trinajstić information content (AvgIpc) is 2.31. The van der Waals surface area contributed by atoms with E-state index < -0.39 is 0 Å². The first kappa shape index (κ1) is 13.5. The van der Waals surface area contributed by atoms with Crippen molar-refractivity contribution in [3.05, 3.63) is 34.2 Å². The smallest absolute Gasteiger partial charge is 0.307 e. The molecule has 1 aromatic heterocycles. The third-order valence-corrected chi connectivity index (χ3v) is 2.53. The summed E-state index contributed by atoms with van der Waals surface area (Å²) < 4.78 is 6.56. The highest BCUT2D eigenvalue weighted by molar-refractivity contribution is 5.69. The average molecular weight is 237 g/mol. The third kappa shape index (κ3) is 4.43. The number of hydrogen-bond donors (Lipinski definition) is 0. The molecule has 0 saturated carbocycles. The lowest BCUT2D eigenvalue weighted by Gasteiger charge is -2.06. The van der Waals surface area contributed by atoms with Gasteiger partial charge in [-0.25, -0.2) is 0 Å². The molecule has 0 aromatic carbocycles. The van der Waals surface area contributed by atoms with Crippen molar-refractivity contribution in [2.24, 2.45) is 0 Å². The van der Waals surface area contributed by atoms with E-state index in [2.05, 4.69) is 0 Å². The van der Waals surface area contributed by atoms with E-state index in [1.54, 1.807) is 25.3 Å². The fourth-order valence-electron chi connectivity index (χ4n) is 1.45. The lowest BCUT2D eigenvalue weighted by Crippen LogP contribution is -2.23. The first-order chi connectivity index (χ1) is 8.15. The van der Waals surface area contributed by atoms with Crippen molar-refractivity contribution >= 4 is 5.97 Å². The Morgan fingerprint density at radius 1 is 1.47 bits per heavy atom. The van der Waals surface area contributed by atoms with Gasteiger partial charge in [0.1, 0.15) is 0 Å². The third-order valence-electron chi connectivity index (χ3n) is 2.53. The molecular weight excluding hydrogens is 218 g/mol. The minimum atomic E-state index is -0.244. The van der Waals surface area contributed by atoms with Gasteiger partial charge in [0.2, 0.25) is 0 Å². The molecule has 1 aromatic rings. The number of hydrogen-bond acceptors (Lipinski definition) is 3. The van der Waals surface area contributed by atoms with E-state index in [0.717, 1.165) is 12.8 Å². The van der Waals surface area contributed by atoms with Gasteiger partial charge in [0.25, 0.3) is 5.56 Å². The highest BCUT2D eigenvalue weighted by Gasteiger charge is 2.04. The molecule has 0 aliphatic rings. The highest BCUT2D eigenvalue weighted by atomic mass is 16.5. The Morgan fingerprint density at radius 3 is 2.94 bits per heavy atom. The van der Waals surface area contributed by atoms with Gasteiger partial charge in [0.15, 0.2) is 0 Å². The van der Waals surface area contributed by atoms with Crippen molar-refractivity contribution in [3.63, 3.8) is 0 Å². The van der Waals surface area contributed by atoms with Crippen LogP contribution in [-0.4, -0.2) is 17.1 Å². The quantitative estimate of drug-likeness (QED) is 0.560. The molecule has 4 heteroatoms. The Balaban J connectivity index is 2.42. The summed E-state index contributed by atoms with van der Waals surface area (Å²) in [5.41, 5.74) is 0.640. The van der Waals surface area contributed by atoms with Crippen LogP contribution in [-0.2, 0) is 16.1 Å². The van der Waals surface area contributed by atoms with Crippen LogP contribution in [0.2, 0.25) is 0 Å². The maximum atomic E-state index is 11.7. The first-order valence-corrected chi connectivity index (χ1v) is 5.97. The molecular formula is C13H19NO3. The van der Waals surface area contributed by atoms with Crippen LogP contribution in [0.4, 0.5) is 0 Å². The lowest BCUT2D eigenvalue weighted by molar-refractivity contribution is -0.144. The van der Waals surface area contributed by atoms with Gasteiger partial charge < -0.3 is 9.30 Å². The standard InChI is InChI=1S/C13H19NO3/c1-3-4-10-17-12(15)7-9-14-8-5-6-11(2)13(14)16/h5-6,8H,3-4,7,9-10H2,1-2H3. The minimum Gasteiger partial charge on any atom is -0.466 e. The molecule has 0 spiro atoms. The van der Waals surface area contributed by atoms with E-state index in [9.17, 15) is 9.59 Å². The fourth-order valence-corrected chi connectivity index (χ4v) is 1.45. The number of rotatable bonds is 6. The van der Waals surface area contributed by atoms with E-state index in [4.69, 9.17) is 4.74 Å². The summed E-state index contributed by atoms with van der Waals surface area (Å²) in [5, 5.41) is 0. The summed E-state index contributed by atoms with van der Waals surface area (Å²) in [4.78, 5) is 23.0. The predicted molar refractivity (Wildman–Crippen MR) is 65.9 cm³/mol. The summed E-state index contributed by atoms with van der Waals surface area (Å²) >= 11 is 0. The topological polar surface area (TPSA) is 48.3 Å². The Hall–Kier alpha value is -1.58. The van der Waals surface area contributed by atoms with Crippen LogP contribution < -0.4 is 5.56 Å². The molecule has 94 valence electrons. The molecule has 0 unspecified atom stereocenters. The molecule has 0 saturated heterocycles. The van der Waals surface area contributed by atoms with Gasteiger partial charge in [-0.05, 0) is 19.4 Å². The molecule has 0 amide bonds. The van der Waals surface area contributed by atoms with Gasteiger partial charge in [-0.15, -0.1) is 0 Å². The number of carbonyl (C=O) groups excluding carboxylic acids is 1. The molecule has 0 atom stereocenters. The van der Waals surface area contributed by atoms with Crippen molar-refractivity contribution in [2.45, 2.75) is 39.7 Å². The first-order valence-electron chi connectivity index (χ1n) is 5.97. The molecule has 4 nitrogen and oxygen atoms in total. The Bertz CT molecular complexity index is 423. The van der Waals surface area contributed by atoms with E-state index in [-0.39, 0.29) is 17.9 Å². The number of nitrogens with zero attached hydrogens (tertiary/aromatic N) is 1. The summed E-state index contributed by atoms with van der Waals surface area (Å²) in [6.07, 6.45) is 3.82. The molecule has 1 heterocycles. The Labute approximate surface area is 101 Å². The van der Waals surface area contributed by atoms with Gasteiger partial charge in [-0.3, -0.25) is 9.59 Å². The van der Waals surface area contributed by atoms with Gasteiger partial charge >= 0.3 is 5.97 Å². The van der Waals surface area contributed by atoms with E-state index >= 15 is 0 Å². The van der Waals surface area contributed by atoms with Gasteiger partial charge in [0, 0.05) is 18.3 Å². The summed E-state index contributed by atoms with van der Waals surface area (Å²) in [6, 6.07) is 3.57. The number of esters is 1. The van der Waals surface area contributed by atoms with Crippen LogP contribution in [0, 0.1) is 6.92 Å². The molecule has 0 fully saturated rings. The minimum absolute atomic E-state index is 0.0474. The number of unbranched alkanes of at least 4 members (excludes halogenated alkanes) is 1. The fraction of sp³-hybridized carbons (Fsp3) is 0.538. The number of aryl methyl sites for hydroxylation is 2. The number of ether oxygens (including phenoxy) is 1. The maximum Gasteiger partial charge on any atom is 0.307 e. The lowest BCUT2D eigenvalue weighted by atomic mass is 10.3. The van der Waals surface area contributed by atoms with Crippen molar-refractivity contribution in [1.29, 1.82) is 0 Å². The number of aromatic nitrogens is 1. The number of pyridine rings is 1. The normalized spacial score (nSPS) is 10.2. The van der Waals surface area contributed by atoms with E-state index in [1.807, 2.05) is 6.92 Å². The summed E-state index contributed by atoms with van der Waals surface area (Å²) in [5.74, 6) is -0.244. The van der Waals surface area contributed by atoms with Crippen LogP contribution >= 0.6 is 0 Å². The molecule has 0 aliphatic carbocycles. The largest absolute Gasteiger partial charge is 0.466 e. The Morgan fingerprint density at radius 2 is 2.24 bits per heavy atom. The summed E-state index contributed by atoms with van der Waals surface area (Å²) in [7, 11) is 0. The van der Waals surface area contributed by atoms with Crippen LogP contribution in [0.25, 0.3) is 0 Å². The molecule has 0 aliphatic heterocycles. The molecule has 0 radical (unpaired) electrons. The SMILES string of the molecule is CCCCOC(=O)CCn1cccc(C)c1=O. The monoisotopic (exact) mass is 237 g/mol. The van der Waals surface area contributed by atoms with Gasteiger partial charge in [-0.2, -0.15) is 0 Å². The van der Waals surface area contributed by atoms with Crippen LogP contribution in [0.5, 0.6) is 0 Å².